The monoisotopic (exact) mass is 497 g/mol. The van der Waals surface area contributed by atoms with Crippen molar-refractivity contribution in [2.24, 2.45) is 5.92 Å². The van der Waals surface area contributed by atoms with E-state index in [1.807, 2.05) is 12.1 Å². The highest BCUT2D eigenvalue weighted by Crippen LogP contribution is 2.31. The quantitative estimate of drug-likeness (QED) is 0.360. The third kappa shape index (κ3) is 5.51. The highest BCUT2D eigenvalue weighted by molar-refractivity contribution is 6.31. The molecule has 0 aliphatic carbocycles. The number of carbonyl (C=O) groups excluding carboxylic acids is 2. The minimum absolute atomic E-state index is 0.176. The SMILES string of the molecule is CC(C)CCNC(=O)[C@@H](c1ccco1)N(C(=O)Cn1nnc2ccccc21)c1ccc(F)c(Cl)c1. The van der Waals surface area contributed by atoms with Crippen LogP contribution < -0.4 is 10.2 Å². The van der Waals surface area contributed by atoms with Crippen LogP contribution in [0, 0.1) is 11.7 Å². The molecule has 0 fully saturated rings. The van der Waals surface area contributed by atoms with Crippen LogP contribution in [0.1, 0.15) is 32.1 Å². The van der Waals surface area contributed by atoms with Crippen LogP contribution in [0.25, 0.3) is 11.0 Å². The molecule has 2 heterocycles. The van der Waals surface area contributed by atoms with Gasteiger partial charge in [-0.15, -0.1) is 5.10 Å². The molecule has 2 aromatic carbocycles. The van der Waals surface area contributed by atoms with Gasteiger partial charge in [-0.05, 0) is 54.8 Å². The summed E-state index contributed by atoms with van der Waals surface area (Å²) in [6.07, 6.45) is 2.19. The van der Waals surface area contributed by atoms with Gasteiger partial charge >= 0.3 is 0 Å². The predicted octanol–water partition coefficient (Wildman–Crippen LogP) is 4.75. The average molecular weight is 498 g/mol. The lowest BCUT2D eigenvalue weighted by molar-refractivity contribution is -0.127. The van der Waals surface area contributed by atoms with Crippen LogP contribution in [0.5, 0.6) is 0 Å². The number of nitrogens with zero attached hydrogens (tertiary/aromatic N) is 4. The van der Waals surface area contributed by atoms with Crippen molar-refractivity contribution in [1.82, 2.24) is 20.3 Å². The van der Waals surface area contributed by atoms with E-state index in [9.17, 15) is 14.0 Å². The molecule has 2 aromatic heterocycles. The fraction of sp³-hybridized carbons (Fsp3) is 0.280. The first-order valence-electron chi connectivity index (χ1n) is 11.2. The number of aromatic nitrogens is 3. The third-order valence-electron chi connectivity index (χ3n) is 5.50. The Morgan fingerprint density at radius 3 is 2.69 bits per heavy atom. The van der Waals surface area contributed by atoms with Crippen molar-refractivity contribution >= 4 is 40.1 Å². The topological polar surface area (TPSA) is 93.3 Å². The largest absolute Gasteiger partial charge is 0.467 e. The maximum atomic E-state index is 14.0. The molecular weight excluding hydrogens is 473 g/mol. The van der Waals surface area contributed by atoms with Gasteiger partial charge in [-0.2, -0.15) is 0 Å². The zero-order valence-electron chi connectivity index (χ0n) is 19.3. The van der Waals surface area contributed by atoms with Crippen molar-refractivity contribution in [3.8, 4) is 0 Å². The van der Waals surface area contributed by atoms with Crippen LogP contribution >= 0.6 is 11.6 Å². The highest BCUT2D eigenvalue weighted by atomic mass is 35.5. The first-order valence-corrected chi connectivity index (χ1v) is 11.6. The van der Waals surface area contributed by atoms with Crippen LogP contribution in [-0.2, 0) is 16.1 Å². The zero-order chi connectivity index (χ0) is 24.9. The summed E-state index contributed by atoms with van der Waals surface area (Å²) in [4.78, 5) is 28.4. The van der Waals surface area contributed by atoms with Gasteiger partial charge in [-0.1, -0.05) is 42.8 Å². The van der Waals surface area contributed by atoms with Gasteiger partial charge in [0.1, 0.15) is 23.6 Å². The van der Waals surface area contributed by atoms with Crippen molar-refractivity contribution in [3.05, 3.63) is 77.5 Å². The van der Waals surface area contributed by atoms with Gasteiger partial charge < -0.3 is 9.73 Å². The van der Waals surface area contributed by atoms with E-state index < -0.39 is 23.7 Å². The number of anilines is 1. The number of halogens is 2. The Bertz CT molecular complexity index is 1320. The summed E-state index contributed by atoms with van der Waals surface area (Å²) in [5.74, 6) is -0.918. The summed E-state index contributed by atoms with van der Waals surface area (Å²) < 4.78 is 21.0. The smallest absolute Gasteiger partial charge is 0.251 e. The number of carbonyl (C=O) groups is 2. The molecule has 0 aliphatic heterocycles. The molecule has 0 spiro atoms. The van der Waals surface area contributed by atoms with E-state index in [-0.39, 0.29) is 23.0 Å². The summed E-state index contributed by atoms with van der Waals surface area (Å²) in [5, 5.41) is 10.9. The Kier molecular flexibility index (Phi) is 7.45. The first-order chi connectivity index (χ1) is 16.8. The number of rotatable bonds is 9. The Labute approximate surface area is 206 Å². The summed E-state index contributed by atoms with van der Waals surface area (Å²) >= 11 is 6.05. The molecule has 1 N–H and O–H groups in total. The number of furan rings is 1. The van der Waals surface area contributed by atoms with E-state index in [1.54, 1.807) is 24.3 Å². The van der Waals surface area contributed by atoms with Gasteiger partial charge in [0, 0.05) is 12.2 Å². The molecule has 35 heavy (non-hydrogen) atoms. The van der Waals surface area contributed by atoms with E-state index in [2.05, 4.69) is 29.5 Å². The van der Waals surface area contributed by atoms with Gasteiger partial charge in [-0.3, -0.25) is 14.5 Å². The van der Waals surface area contributed by atoms with Crippen LogP contribution in [0.15, 0.2) is 65.3 Å². The summed E-state index contributed by atoms with van der Waals surface area (Å²) in [6, 6.07) is 13.2. The summed E-state index contributed by atoms with van der Waals surface area (Å²) in [7, 11) is 0. The molecule has 1 atom stereocenters. The van der Waals surface area contributed by atoms with E-state index in [1.165, 1.54) is 28.0 Å². The Balaban J connectivity index is 1.74. The Hall–Kier alpha value is -3.72. The number of nitrogens with one attached hydrogen (secondary N) is 1. The fourth-order valence-corrected chi connectivity index (χ4v) is 3.89. The van der Waals surface area contributed by atoms with Crippen molar-refractivity contribution in [3.63, 3.8) is 0 Å². The van der Waals surface area contributed by atoms with Crippen molar-refractivity contribution in [2.45, 2.75) is 32.9 Å². The lowest BCUT2D eigenvalue weighted by atomic mass is 10.1. The van der Waals surface area contributed by atoms with E-state index in [0.29, 0.717) is 23.5 Å². The number of benzene rings is 2. The van der Waals surface area contributed by atoms with Gasteiger partial charge in [0.05, 0.1) is 16.8 Å². The molecule has 0 saturated carbocycles. The first kappa shape index (κ1) is 24.4. The van der Waals surface area contributed by atoms with Gasteiger partial charge in [0.25, 0.3) is 5.91 Å². The summed E-state index contributed by atoms with van der Waals surface area (Å²) in [5.41, 5.74) is 1.53. The van der Waals surface area contributed by atoms with Gasteiger partial charge in [0.15, 0.2) is 6.04 Å². The van der Waals surface area contributed by atoms with Crippen LogP contribution in [0.2, 0.25) is 5.02 Å². The van der Waals surface area contributed by atoms with Crippen LogP contribution in [0.3, 0.4) is 0 Å². The number of amides is 2. The second-order valence-electron chi connectivity index (χ2n) is 8.49. The molecule has 0 bridgehead atoms. The molecule has 182 valence electrons. The molecule has 4 aromatic rings. The zero-order valence-corrected chi connectivity index (χ0v) is 20.1. The molecule has 10 heteroatoms. The molecule has 2 amide bonds. The van der Waals surface area contributed by atoms with Crippen molar-refractivity contribution < 1.29 is 18.4 Å². The minimum Gasteiger partial charge on any atom is -0.467 e. The van der Waals surface area contributed by atoms with Gasteiger partial charge in [-0.25, -0.2) is 9.07 Å². The third-order valence-corrected chi connectivity index (χ3v) is 5.79. The average Bonchev–Trinajstić information content (AvgIpc) is 3.49. The fourth-order valence-electron chi connectivity index (χ4n) is 3.71. The van der Waals surface area contributed by atoms with Gasteiger partial charge in [0.2, 0.25) is 5.91 Å². The van der Waals surface area contributed by atoms with Crippen LogP contribution in [0.4, 0.5) is 10.1 Å². The maximum absolute atomic E-state index is 14.0. The van der Waals surface area contributed by atoms with Crippen LogP contribution in [-0.4, -0.2) is 33.4 Å². The normalized spacial score (nSPS) is 12.1. The lowest BCUT2D eigenvalue weighted by Crippen LogP contribution is -2.45. The van der Waals surface area contributed by atoms with E-state index in [4.69, 9.17) is 16.0 Å². The standard InChI is InChI=1S/C25H25ClFN5O3/c1-16(2)11-12-28-25(34)24(22-8-5-13-35-22)32(17-9-10-19(27)18(26)14-17)23(33)15-31-21-7-4-3-6-20(21)29-30-31/h3-10,13-14,16,24H,11-12,15H2,1-2H3,(H,28,34)/t24-/m1/s1. The second kappa shape index (κ2) is 10.7. The molecule has 0 saturated heterocycles. The molecule has 0 radical (unpaired) electrons. The molecule has 0 aliphatic rings. The Morgan fingerprint density at radius 1 is 1.17 bits per heavy atom. The molecule has 0 unspecified atom stereocenters. The Morgan fingerprint density at radius 2 is 1.97 bits per heavy atom. The predicted molar refractivity (Wildman–Crippen MR) is 130 cm³/mol. The van der Waals surface area contributed by atoms with E-state index >= 15 is 0 Å². The second-order valence-corrected chi connectivity index (χ2v) is 8.90. The summed E-state index contributed by atoms with van der Waals surface area (Å²) in [6.45, 7) is 4.31. The maximum Gasteiger partial charge on any atom is 0.251 e. The van der Waals surface area contributed by atoms with Crippen molar-refractivity contribution in [1.29, 1.82) is 0 Å². The molecule has 4 rings (SSSR count). The van der Waals surface area contributed by atoms with Crippen molar-refractivity contribution in [2.75, 3.05) is 11.4 Å². The number of fused-ring (bicyclic) bond motifs is 1. The number of hydrogen-bond acceptors (Lipinski definition) is 5. The minimum atomic E-state index is -1.15. The highest BCUT2D eigenvalue weighted by Gasteiger charge is 2.35. The number of para-hydroxylation sites is 1. The van der Waals surface area contributed by atoms with E-state index in [0.717, 1.165) is 12.5 Å². The molecule has 8 nitrogen and oxygen atoms in total. The number of hydrogen-bond donors (Lipinski definition) is 1. The lowest BCUT2D eigenvalue weighted by Gasteiger charge is -2.30. The molecular formula is C25H25ClFN5O3.